The van der Waals surface area contributed by atoms with E-state index in [2.05, 4.69) is 13.2 Å². The van der Waals surface area contributed by atoms with Gasteiger partial charge in [0.1, 0.15) is 11.5 Å². The molecule has 142 valence electrons. The molecule has 0 fully saturated rings. The van der Waals surface area contributed by atoms with Gasteiger partial charge in [0.05, 0.1) is 13.5 Å². The predicted molar refractivity (Wildman–Crippen MR) is 107 cm³/mol. The fourth-order valence-electron chi connectivity index (χ4n) is 3.58. The number of hydrogen-bond acceptors (Lipinski definition) is 4. The maximum Gasteiger partial charge on any atom is 0.306 e. The number of aromatic hydroxyl groups is 2. The first-order chi connectivity index (χ1) is 12.8. The van der Waals surface area contributed by atoms with Crippen LogP contribution in [0.3, 0.4) is 0 Å². The minimum absolute atomic E-state index is 0.118. The fourth-order valence-corrected chi connectivity index (χ4v) is 3.58. The Morgan fingerprint density at radius 3 is 1.81 bits per heavy atom. The molecular formula is C23H26O4. The number of carbonyl (C=O) groups is 1. The van der Waals surface area contributed by atoms with Gasteiger partial charge < -0.3 is 14.9 Å². The average Bonchev–Trinajstić information content (AvgIpc) is 2.62. The molecule has 2 rings (SSSR count). The number of methoxy groups -OCH3 is 1. The van der Waals surface area contributed by atoms with Crippen LogP contribution in [0, 0.1) is 0 Å². The lowest BCUT2D eigenvalue weighted by Gasteiger charge is -2.34. The minimum Gasteiger partial charge on any atom is -0.508 e. The summed E-state index contributed by atoms with van der Waals surface area (Å²) in [5.74, 6) is -0.0196. The van der Waals surface area contributed by atoms with E-state index in [1.807, 2.05) is 19.1 Å². The van der Waals surface area contributed by atoms with E-state index in [0.29, 0.717) is 12.8 Å². The zero-order valence-electron chi connectivity index (χ0n) is 15.9. The van der Waals surface area contributed by atoms with E-state index in [0.717, 1.165) is 22.3 Å². The second-order valence-electron chi connectivity index (χ2n) is 6.75. The fraction of sp³-hybridized carbons (Fsp3) is 0.261. The highest BCUT2D eigenvalue weighted by Gasteiger charge is 2.35. The Bertz CT molecular complexity index is 792. The first-order valence-corrected chi connectivity index (χ1v) is 8.79. The lowest BCUT2D eigenvalue weighted by atomic mass is 9.69. The SMILES string of the molecule is C=CCc1cc(O)ccc1C(C)(CC(=O)OC)c1ccc(O)cc1CC=C. The Morgan fingerprint density at radius 1 is 1.00 bits per heavy atom. The summed E-state index contributed by atoms with van der Waals surface area (Å²) in [6, 6.07) is 10.3. The van der Waals surface area contributed by atoms with Crippen molar-refractivity contribution in [3.05, 3.63) is 84.0 Å². The van der Waals surface area contributed by atoms with Crippen LogP contribution in [0.2, 0.25) is 0 Å². The number of rotatable bonds is 8. The van der Waals surface area contributed by atoms with Gasteiger partial charge in [0, 0.05) is 5.41 Å². The van der Waals surface area contributed by atoms with Crippen molar-refractivity contribution in [2.75, 3.05) is 7.11 Å². The first kappa shape index (κ1) is 20.3. The van der Waals surface area contributed by atoms with Crippen LogP contribution in [0.5, 0.6) is 11.5 Å². The van der Waals surface area contributed by atoms with Crippen molar-refractivity contribution in [3.63, 3.8) is 0 Å². The minimum atomic E-state index is -0.717. The molecule has 0 heterocycles. The van der Waals surface area contributed by atoms with E-state index in [9.17, 15) is 15.0 Å². The Hall–Kier alpha value is -3.01. The molecule has 2 aromatic rings. The molecule has 0 aliphatic heterocycles. The number of esters is 1. The highest BCUT2D eigenvalue weighted by Crippen LogP contribution is 2.41. The highest BCUT2D eigenvalue weighted by atomic mass is 16.5. The van der Waals surface area contributed by atoms with Gasteiger partial charge in [0.15, 0.2) is 0 Å². The van der Waals surface area contributed by atoms with Crippen molar-refractivity contribution < 1.29 is 19.7 Å². The number of benzene rings is 2. The zero-order valence-corrected chi connectivity index (χ0v) is 15.9. The monoisotopic (exact) mass is 366 g/mol. The van der Waals surface area contributed by atoms with Gasteiger partial charge >= 0.3 is 5.97 Å². The van der Waals surface area contributed by atoms with Gasteiger partial charge in [0.25, 0.3) is 0 Å². The topological polar surface area (TPSA) is 66.8 Å². The van der Waals surface area contributed by atoms with Crippen LogP contribution >= 0.6 is 0 Å². The molecule has 0 aromatic heterocycles. The molecule has 0 saturated carbocycles. The van der Waals surface area contributed by atoms with E-state index in [1.165, 1.54) is 7.11 Å². The molecular weight excluding hydrogens is 340 g/mol. The molecule has 27 heavy (non-hydrogen) atoms. The number of allylic oxidation sites excluding steroid dienone is 2. The maximum atomic E-state index is 12.3. The average molecular weight is 366 g/mol. The predicted octanol–water partition coefficient (Wildman–Crippen LogP) is 4.42. The van der Waals surface area contributed by atoms with Crippen molar-refractivity contribution in [3.8, 4) is 11.5 Å². The Labute approximate surface area is 160 Å². The molecule has 0 amide bonds. The maximum absolute atomic E-state index is 12.3. The molecule has 0 saturated heterocycles. The number of phenolic OH excluding ortho intramolecular Hbond substituents is 2. The molecule has 0 bridgehead atoms. The summed E-state index contributed by atoms with van der Waals surface area (Å²) >= 11 is 0. The van der Waals surface area contributed by atoms with Crippen molar-refractivity contribution in [1.29, 1.82) is 0 Å². The second kappa shape index (κ2) is 8.58. The third-order valence-electron chi connectivity index (χ3n) is 4.82. The van der Waals surface area contributed by atoms with Crippen LogP contribution in [0.4, 0.5) is 0 Å². The highest BCUT2D eigenvalue weighted by molar-refractivity contribution is 5.73. The summed E-state index contributed by atoms with van der Waals surface area (Å²) in [7, 11) is 1.37. The van der Waals surface area contributed by atoms with Gasteiger partial charge in [-0.25, -0.2) is 0 Å². The van der Waals surface area contributed by atoms with Gasteiger partial charge in [-0.05, 0) is 59.4 Å². The quantitative estimate of drug-likeness (QED) is 0.536. The van der Waals surface area contributed by atoms with Crippen molar-refractivity contribution in [2.45, 2.75) is 31.6 Å². The molecule has 2 aromatic carbocycles. The molecule has 0 atom stereocenters. The normalized spacial score (nSPS) is 11.0. The van der Waals surface area contributed by atoms with E-state index in [-0.39, 0.29) is 23.9 Å². The smallest absolute Gasteiger partial charge is 0.306 e. The molecule has 4 nitrogen and oxygen atoms in total. The Balaban J connectivity index is 2.77. The molecule has 0 unspecified atom stereocenters. The van der Waals surface area contributed by atoms with Crippen LogP contribution in [0.25, 0.3) is 0 Å². The van der Waals surface area contributed by atoms with E-state index in [1.54, 1.807) is 36.4 Å². The lowest BCUT2D eigenvalue weighted by molar-refractivity contribution is -0.141. The summed E-state index contributed by atoms with van der Waals surface area (Å²) in [6.07, 6.45) is 4.74. The van der Waals surface area contributed by atoms with Crippen LogP contribution in [0.1, 0.15) is 35.6 Å². The molecule has 0 radical (unpaired) electrons. The van der Waals surface area contributed by atoms with Gasteiger partial charge in [-0.1, -0.05) is 31.2 Å². The molecule has 0 aliphatic rings. The summed E-state index contributed by atoms with van der Waals surface area (Å²) in [6.45, 7) is 9.57. The number of hydrogen-bond donors (Lipinski definition) is 2. The van der Waals surface area contributed by atoms with Gasteiger partial charge in [-0.15, -0.1) is 13.2 Å². The summed E-state index contributed by atoms with van der Waals surface area (Å²) in [4.78, 5) is 12.3. The van der Waals surface area contributed by atoms with Gasteiger partial charge in [0.2, 0.25) is 0 Å². The van der Waals surface area contributed by atoms with Gasteiger partial charge in [-0.3, -0.25) is 4.79 Å². The zero-order chi connectivity index (χ0) is 20.0. The molecule has 0 aliphatic carbocycles. The molecule has 0 spiro atoms. The first-order valence-electron chi connectivity index (χ1n) is 8.79. The van der Waals surface area contributed by atoms with Crippen molar-refractivity contribution in [1.82, 2.24) is 0 Å². The van der Waals surface area contributed by atoms with Crippen LogP contribution in [0.15, 0.2) is 61.7 Å². The summed E-state index contributed by atoms with van der Waals surface area (Å²) in [5.41, 5.74) is 2.86. The third kappa shape index (κ3) is 4.40. The van der Waals surface area contributed by atoms with Crippen molar-refractivity contribution >= 4 is 5.97 Å². The number of carbonyl (C=O) groups excluding carboxylic acids is 1. The lowest BCUT2D eigenvalue weighted by Crippen LogP contribution is -2.30. The third-order valence-corrected chi connectivity index (χ3v) is 4.82. The molecule has 4 heteroatoms. The van der Waals surface area contributed by atoms with Crippen LogP contribution in [-0.2, 0) is 27.8 Å². The number of phenols is 2. The summed E-state index contributed by atoms with van der Waals surface area (Å²) < 4.78 is 4.96. The van der Waals surface area contributed by atoms with Crippen LogP contribution < -0.4 is 0 Å². The largest absolute Gasteiger partial charge is 0.508 e. The second-order valence-corrected chi connectivity index (χ2v) is 6.75. The van der Waals surface area contributed by atoms with Gasteiger partial charge in [-0.2, -0.15) is 0 Å². The number of ether oxygens (including phenoxy) is 1. The van der Waals surface area contributed by atoms with Crippen LogP contribution in [-0.4, -0.2) is 23.3 Å². The molecule has 2 N–H and O–H groups in total. The van der Waals surface area contributed by atoms with Crippen molar-refractivity contribution in [2.24, 2.45) is 0 Å². The Morgan fingerprint density at radius 2 is 1.44 bits per heavy atom. The van der Waals surface area contributed by atoms with E-state index in [4.69, 9.17) is 4.74 Å². The van der Waals surface area contributed by atoms with E-state index >= 15 is 0 Å². The van der Waals surface area contributed by atoms with E-state index < -0.39 is 5.41 Å². The summed E-state index contributed by atoms with van der Waals surface area (Å²) in [5, 5.41) is 19.9. The Kier molecular flexibility index (Phi) is 6.45. The standard InChI is InChI=1S/C23H26O4/c1-5-7-16-13-18(24)9-11-20(16)23(3,15-22(26)27-4)21-12-10-19(25)14-17(21)8-6-2/h5-6,9-14,24-25H,1-2,7-8,15H2,3-4H3.